The summed E-state index contributed by atoms with van der Waals surface area (Å²) in [4.78, 5) is 12.4. The lowest BCUT2D eigenvalue weighted by Crippen LogP contribution is -2.34. The number of carbonyl (C=O) groups excluding carboxylic acids is 1. The summed E-state index contributed by atoms with van der Waals surface area (Å²) in [5.74, 6) is -0.200. The molecule has 128 valence electrons. The lowest BCUT2D eigenvalue weighted by molar-refractivity contribution is 0.0977. The van der Waals surface area contributed by atoms with Crippen molar-refractivity contribution in [1.29, 1.82) is 0 Å². The van der Waals surface area contributed by atoms with Crippen molar-refractivity contribution in [3.05, 3.63) is 89.0 Å². The number of aryl methyl sites for hydroxylation is 1. The number of amides is 1. The van der Waals surface area contributed by atoms with E-state index in [0.717, 1.165) is 17.7 Å². The monoisotopic (exact) mass is 358 g/mol. The highest BCUT2D eigenvalue weighted by atomic mass is 32.1. The molecule has 0 saturated carbocycles. The Hall–Kier alpha value is -2.98. The molecule has 0 unspecified atom stereocenters. The van der Waals surface area contributed by atoms with Gasteiger partial charge in [-0.3, -0.25) is 10.1 Å². The average molecular weight is 358 g/mol. The Morgan fingerprint density at radius 2 is 1.65 bits per heavy atom. The normalized spacial score (nSPS) is 11.4. The van der Waals surface area contributed by atoms with Gasteiger partial charge in [0.15, 0.2) is 5.11 Å². The summed E-state index contributed by atoms with van der Waals surface area (Å²) in [5.41, 5.74) is 7.60. The van der Waals surface area contributed by atoms with Crippen LogP contribution in [0.1, 0.15) is 27.0 Å². The van der Waals surface area contributed by atoms with E-state index in [9.17, 15) is 4.79 Å². The van der Waals surface area contributed by atoms with Crippen molar-refractivity contribution in [3.8, 4) is 11.1 Å². The van der Waals surface area contributed by atoms with Gasteiger partial charge >= 0.3 is 0 Å². The van der Waals surface area contributed by atoms with E-state index in [1.54, 1.807) is 6.07 Å². The fourth-order valence-corrected chi connectivity index (χ4v) is 3.59. The van der Waals surface area contributed by atoms with Crippen LogP contribution in [0.2, 0.25) is 0 Å². The van der Waals surface area contributed by atoms with Crippen molar-refractivity contribution in [3.63, 3.8) is 0 Å². The minimum absolute atomic E-state index is 0.200. The zero-order chi connectivity index (χ0) is 18.1. The Bertz CT molecular complexity index is 1030. The molecule has 0 saturated heterocycles. The van der Waals surface area contributed by atoms with Crippen LogP contribution < -0.4 is 10.6 Å². The lowest BCUT2D eigenvalue weighted by atomic mass is 10.1. The van der Waals surface area contributed by atoms with Crippen molar-refractivity contribution < 1.29 is 4.79 Å². The molecule has 0 heterocycles. The molecule has 1 aliphatic rings. The van der Waals surface area contributed by atoms with Gasteiger partial charge in [0.25, 0.3) is 5.91 Å². The van der Waals surface area contributed by atoms with Gasteiger partial charge in [-0.2, -0.15) is 0 Å². The molecule has 0 radical (unpaired) electrons. The molecule has 26 heavy (non-hydrogen) atoms. The van der Waals surface area contributed by atoms with E-state index in [-0.39, 0.29) is 5.91 Å². The highest BCUT2D eigenvalue weighted by molar-refractivity contribution is 7.80. The molecule has 1 aliphatic carbocycles. The highest BCUT2D eigenvalue weighted by Gasteiger charge is 2.18. The maximum absolute atomic E-state index is 12.4. The van der Waals surface area contributed by atoms with E-state index in [1.165, 1.54) is 22.3 Å². The van der Waals surface area contributed by atoms with Crippen molar-refractivity contribution >= 4 is 28.9 Å². The third kappa shape index (κ3) is 3.11. The minimum Gasteiger partial charge on any atom is -0.332 e. The van der Waals surface area contributed by atoms with Crippen LogP contribution in [0, 0.1) is 6.92 Å². The molecule has 0 aliphatic heterocycles. The summed E-state index contributed by atoms with van der Waals surface area (Å²) in [7, 11) is 0. The number of carbonyl (C=O) groups is 1. The Balaban J connectivity index is 1.47. The maximum atomic E-state index is 12.4. The van der Waals surface area contributed by atoms with Crippen LogP contribution in [-0.2, 0) is 6.42 Å². The second kappa shape index (κ2) is 6.73. The zero-order valence-corrected chi connectivity index (χ0v) is 15.2. The van der Waals surface area contributed by atoms with Gasteiger partial charge in [-0.15, -0.1) is 0 Å². The summed E-state index contributed by atoms with van der Waals surface area (Å²) in [5, 5.41) is 6.17. The quantitative estimate of drug-likeness (QED) is 0.511. The average Bonchev–Trinajstić information content (AvgIpc) is 2.99. The Labute approximate surface area is 158 Å². The number of benzene rings is 3. The van der Waals surface area contributed by atoms with E-state index in [0.29, 0.717) is 10.7 Å². The molecule has 1 amide bonds. The summed E-state index contributed by atoms with van der Waals surface area (Å²) in [6.07, 6.45) is 0.920. The van der Waals surface area contributed by atoms with Crippen molar-refractivity contribution in [2.45, 2.75) is 13.3 Å². The van der Waals surface area contributed by atoms with E-state index in [4.69, 9.17) is 12.2 Å². The third-order valence-corrected chi connectivity index (χ3v) is 4.87. The van der Waals surface area contributed by atoms with Gasteiger partial charge in [0.1, 0.15) is 0 Å². The van der Waals surface area contributed by atoms with Gasteiger partial charge in [-0.25, -0.2) is 0 Å². The SMILES string of the molecule is Cc1ccccc1C(=O)NC(=S)Nc1ccc2c(c1)Cc1ccccc1-2. The van der Waals surface area contributed by atoms with Gasteiger partial charge in [0.2, 0.25) is 0 Å². The van der Waals surface area contributed by atoms with Gasteiger partial charge in [0.05, 0.1) is 0 Å². The summed E-state index contributed by atoms with van der Waals surface area (Å²) in [6, 6.07) is 22.1. The number of nitrogens with one attached hydrogen (secondary N) is 2. The molecule has 0 aromatic heterocycles. The number of hydrogen-bond donors (Lipinski definition) is 2. The molecule has 4 rings (SSSR count). The van der Waals surface area contributed by atoms with Gasteiger partial charge < -0.3 is 5.32 Å². The van der Waals surface area contributed by atoms with Crippen LogP contribution in [0.15, 0.2) is 66.7 Å². The number of anilines is 1. The second-order valence-electron chi connectivity index (χ2n) is 6.43. The van der Waals surface area contributed by atoms with Crippen LogP contribution in [-0.4, -0.2) is 11.0 Å². The molecule has 0 atom stereocenters. The molecule has 3 nitrogen and oxygen atoms in total. The molecule has 3 aromatic rings. The number of hydrogen-bond acceptors (Lipinski definition) is 2. The fourth-order valence-electron chi connectivity index (χ4n) is 3.38. The molecule has 3 aromatic carbocycles. The lowest BCUT2D eigenvalue weighted by Gasteiger charge is -2.12. The fraction of sp³-hybridized carbons (Fsp3) is 0.0909. The van der Waals surface area contributed by atoms with Gasteiger partial charge in [0, 0.05) is 11.3 Å². The van der Waals surface area contributed by atoms with Crippen LogP contribution >= 0.6 is 12.2 Å². The molecule has 4 heteroatoms. The Morgan fingerprint density at radius 1 is 0.923 bits per heavy atom. The van der Waals surface area contributed by atoms with Gasteiger partial charge in [-0.05, 0) is 71.6 Å². The molecule has 0 spiro atoms. The van der Waals surface area contributed by atoms with Crippen LogP contribution in [0.25, 0.3) is 11.1 Å². The molecule has 0 fully saturated rings. The first-order chi connectivity index (χ1) is 12.6. The Kier molecular flexibility index (Phi) is 4.27. The topological polar surface area (TPSA) is 41.1 Å². The second-order valence-corrected chi connectivity index (χ2v) is 6.84. The zero-order valence-electron chi connectivity index (χ0n) is 14.4. The smallest absolute Gasteiger partial charge is 0.257 e. The standard InChI is InChI=1S/C22H18N2OS/c1-14-6-2-4-8-18(14)21(25)24-22(26)23-17-10-11-20-16(13-17)12-15-7-3-5-9-19(15)20/h2-11,13H,12H2,1H3,(H2,23,24,25,26). The Morgan fingerprint density at radius 3 is 2.50 bits per heavy atom. The third-order valence-electron chi connectivity index (χ3n) is 4.67. The number of fused-ring (bicyclic) bond motifs is 3. The van der Waals surface area contributed by atoms with E-state index >= 15 is 0 Å². The summed E-state index contributed by atoms with van der Waals surface area (Å²) < 4.78 is 0. The van der Waals surface area contributed by atoms with Crippen molar-refractivity contribution in [1.82, 2.24) is 5.32 Å². The van der Waals surface area contributed by atoms with E-state index in [1.807, 2.05) is 31.2 Å². The van der Waals surface area contributed by atoms with Gasteiger partial charge in [-0.1, -0.05) is 48.5 Å². The molecule has 2 N–H and O–H groups in total. The number of thiocarbonyl (C=S) groups is 1. The maximum Gasteiger partial charge on any atom is 0.257 e. The van der Waals surface area contributed by atoms with Crippen molar-refractivity contribution in [2.75, 3.05) is 5.32 Å². The van der Waals surface area contributed by atoms with Crippen LogP contribution in [0.5, 0.6) is 0 Å². The predicted molar refractivity (Wildman–Crippen MR) is 110 cm³/mol. The van der Waals surface area contributed by atoms with Crippen LogP contribution in [0.4, 0.5) is 5.69 Å². The van der Waals surface area contributed by atoms with E-state index in [2.05, 4.69) is 47.0 Å². The first-order valence-corrected chi connectivity index (χ1v) is 8.92. The predicted octanol–water partition coefficient (Wildman–Crippen LogP) is 4.69. The first-order valence-electron chi connectivity index (χ1n) is 8.51. The molecule has 0 bridgehead atoms. The van der Waals surface area contributed by atoms with Crippen molar-refractivity contribution in [2.24, 2.45) is 0 Å². The summed E-state index contributed by atoms with van der Waals surface area (Å²) >= 11 is 5.31. The minimum atomic E-state index is -0.200. The molecular formula is C22H18N2OS. The number of rotatable bonds is 2. The molecular weight excluding hydrogens is 340 g/mol. The largest absolute Gasteiger partial charge is 0.332 e. The summed E-state index contributed by atoms with van der Waals surface area (Å²) in [6.45, 7) is 1.91. The van der Waals surface area contributed by atoms with Crippen LogP contribution in [0.3, 0.4) is 0 Å². The van der Waals surface area contributed by atoms with E-state index < -0.39 is 0 Å². The highest BCUT2D eigenvalue weighted by Crippen LogP contribution is 2.37. The first kappa shape index (κ1) is 16.5.